The minimum Gasteiger partial charge on any atom is -0.444 e. The lowest BCUT2D eigenvalue weighted by atomic mass is 9.97. The molecule has 0 atom stereocenters. The molecule has 1 aromatic rings. The van der Waals surface area contributed by atoms with Crippen molar-refractivity contribution < 1.29 is 13.9 Å². The number of likely N-dealkylation sites (tertiary alicyclic amines) is 1. The maximum Gasteiger partial charge on any atom is 0.410 e. The molecule has 1 aliphatic rings. The molecule has 0 radical (unpaired) electrons. The lowest BCUT2D eigenvalue weighted by molar-refractivity contribution is 0.0188. The third kappa shape index (κ3) is 5.30. The van der Waals surface area contributed by atoms with Crippen molar-refractivity contribution in [3.8, 4) is 0 Å². The molecular formula is C17H26FN3O2. The number of piperidine rings is 1. The van der Waals surface area contributed by atoms with Crippen molar-refractivity contribution in [3.63, 3.8) is 0 Å². The molecule has 1 aromatic carbocycles. The molecule has 1 heterocycles. The van der Waals surface area contributed by atoms with Gasteiger partial charge in [0.1, 0.15) is 11.4 Å². The zero-order valence-electron chi connectivity index (χ0n) is 14.1. The Bertz CT molecular complexity index is 549. The van der Waals surface area contributed by atoms with Crippen LogP contribution < -0.4 is 11.1 Å². The van der Waals surface area contributed by atoms with Gasteiger partial charge in [0.05, 0.1) is 11.4 Å². The summed E-state index contributed by atoms with van der Waals surface area (Å²) in [5.74, 6) is 0.122. The fraction of sp³-hybridized carbons (Fsp3) is 0.588. The second kappa shape index (κ2) is 7.06. The van der Waals surface area contributed by atoms with Gasteiger partial charge >= 0.3 is 6.09 Å². The Balaban J connectivity index is 1.77. The van der Waals surface area contributed by atoms with Gasteiger partial charge in [-0.05, 0) is 57.7 Å². The summed E-state index contributed by atoms with van der Waals surface area (Å²) in [6.07, 6.45) is 1.58. The summed E-state index contributed by atoms with van der Waals surface area (Å²) in [6, 6.07) is 4.36. The summed E-state index contributed by atoms with van der Waals surface area (Å²) in [7, 11) is 0. The number of carbonyl (C=O) groups excluding carboxylic acids is 1. The molecule has 0 aromatic heterocycles. The number of nitrogens with one attached hydrogen (secondary N) is 1. The van der Waals surface area contributed by atoms with Gasteiger partial charge in [0.15, 0.2) is 0 Å². The minimum atomic E-state index is -0.463. The van der Waals surface area contributed by atoms with Crippen LogP contribution in [0, 0.1) is 11.7 Å². The first-order valence-electron chi connectivity index (χ1n) is 8.01. The average Bonchev–Trinajstić information content (AvgIpc) is 2.45. The van der Waals surface area contributed by atoms with E-state index < -0.39 is 5.60 Å². The number of rotatable bonds is 3. The van der Waals surface area contributed by atoms with E-state index in [2.05, 4.69) is 5.32 Å². The van der Waals surface area contributed by atoms with Crippen molar-refractivity contribution in [3.05, 3.63) is 24.0 Å². The Morgan fingerprint density at radius 3 is 2.61 bits per heavy atom. The van der Waals surface area contributed by atoms with Crippen molar-refractivity contribution in [2.24, 2.45) is 5.92 Å². The number of amides is 1. The van der Waals surface area contributed by atoms with E-state index in [9.17, 15) is 9.18 Å². The van der Waals surface area contributed by atoms with Crippen LogP contribution in [0.1, 0.15) is 33.6 Å². The minimum absolute atomic E-state index is 0.244. The SMILES string of the molecule is CC(C)(C)OC(=O)N1CCC(CNc2ccc(F)cc2N)CC1. The van der Waals surface area contributed by atoms with Crippen molar-refractivity contribution in [2.45, 2.75) is 39.2 Å². The van der Waals surface area contributed by atoms with Crippen LogP contribution in [0.3, 0.4) is 0 Å². The maximum atomic E-state index is 13.0. The Morgan fingerprint density at radius 2 is 2.04 bits per heavy atom. The number of nitrogens with zero attached hydrogens (tertiary/aromatic N) is 1. The quantitative estimate of drug-likeness (QED) is 0.836. The smallest absolute Gasteiger partial charge is 0.410 e. The highest BCUT2D eigenvalue weighted by molar-refractivity contribution is 5.68. The van der Waals surface area contributed by atoms with E-state index >= 15 is 0 Å². The van der Waals surface area contributed by atoms with Gasteiger partial charge in [-0.25, -0.2) is 9.18 Å². The highest BCUT2D eigenvalue weighted by atomic mass is 19.1. The lowest BCUT2D eigenvalue weighted by Crippen LogP contribution is -2.42. The van der Waals surface area contributed by atoms with Crippen LogP contribution in [-0.4, -0.2) is 36.2 Å². The highest BCUT2D eigenvalue weighted by Crippen LogP contribution is 2.23. The fourth-order valence-corrected chi connectivity index (χ4v) is 2.60. The average molecular weight is 323 g/mol. The van der Waals surface area contributed by atoms with Gasteiger partial charge in [0.2, 0.25) is 0 Å². The first-order valence-corrected chi connectivity index (χ1v) is 8.01. The van der Waals surface area contributed by atoms with Gasteiger partial charge < -0.3 is 20.7 Å². The van der Waals surface area contributed by atoms with Crippen LogP contribution in [-0.2, 0) is 4.74 Å². The van der Waals surface area contributed by atoms with E-state index in [4.69, 9.17) is 10.5 Å². The summed E-state index contributed by atoms with van der Waals surface area (Å²) in [5.41, 5.74) is 6.49. The highest BCUT2D eigenvalue weighted by Gasteiger charge is 2.26. The predicted molar refractivity (Wildman–Crippen MR) is 89.8 cm³/mol. The molecule has 0 spiro atoms. The molecule has 5 nitrogen and oxygen atoms in total. The van der Waals surface area contributed by atoms with Crippen molar-refractivity contribution in [2.75, 3.05) is 30.7 Å². The molecule has 23 heavy (non-hydrogen) atoms. The molecule has 1 amide bonds. The summed E-state index contributed by atoms with van der Waals surface area (Å²) in [4.78, 5) is 13.8. The molecule has 1 aliphatic heterocycles. The van der Waals surface area contributed by atoms with E-state index in [1.165, 1.54) is 12.1 Å². The van der Waals surface area contributed by atoms with E-state index in [0.717, 1.165) is 25.1 Å². The van der Waals surface area contributed by atoms with Crippen molar-refractivity contribution >= 4 is 17.5 Å². The van der Waals surface area contributed by atoms with Crippen LogP contribution in [0.2, 0.25) is 0 Å². The molecule has 0 bridgehead atoms. The summed E-state index contributed by atoms with van der Waals surface area (Å²) < 4.78 is 18.4. The molecule has 1 saturated heterocycles. The van der Waals surface area contributed by atoms with Crippen LogP contribution >= 0.6 is 0 Å². The third-order valence-corrected chi connectivity index (χ3v) is 3.86. The molecule has 0 aliphatic carbocycles. The third-order valence-electron chi connectivity index (χ3n) is 3.86. The number of ether oxygens (including phenoxy) is 1. The number of hydrogen-bond acceptors (Lipinski definition) is 4. The number of benzene rings is 1. The monoisotopic (exact) mass is 323 g/mol. The number of nitrogens with two attached hydrogens (primary N) is 1. The van der Waals surface area contributed by atoms with Crippen LogP contribution in [0.4, 0.5) is 20.6 Å². The van der Waals surface area contributed by atoms with Gasteiger partial charge in [-0.1, -0.05) is 0 Å². The van der Waals surface area contributed by atoms with E-state index in [1.807, 2.05) is 20.8 Å². The standard InChI is InChI=1S/C17H26FN3O2/c1-17(2,3)23-16(22)21-8-6-12(7-9-21)11-20-15-5-4-13(18)10-14(15)19/h4-5,10,12,20H,6-9,11,19H2,1-3H3. The maximum absolute atomic E-state index is 13.0. The zero-order chi connectivity index (χ0) is 17.0. The molecule has 128 valence electrons. The van der Waals surface area contributed by atoms with Crippen LogP contribution in [0.5, 0.6) is 0 Å². The van der Waals surface area contributed by atoms with Gasteiger partial charge in [-0.2, -0.15) is 0 Å². The second-order valence-corrected chi connectivity index (χ2v) is 7.02. The Kier molecular flexibility index (Phi) is 5.34. The van der Waals surface area contributed by atoms with Crippen LogP contribution in [0.25, 0.3) is 0 Å². The van der Waals surface area contributed by atoms with Gasteiger partial charge in [0.25, 0.3) is 0 Å². The molecule has 2 rings (SSSR count). The van der Waals surface area contributed by atoms with Gasteiger partial charge in [-0.15, -0.1) is 0 Å². The normalized spacial score (nSPS) is 16.3. The van der Waals surface area contributed by atoms with E-state index in [0.29, 0.717) is 24.7 Å². The number of nitrogen functional groups attached to an aromatic ring is 1. The number of hydrogen-bond donors (Lipinski definition) is 2. The van der Waals surface area contributed by atoms with Gasteiger partial charge in [-0.3, -0.25) is 0 Å². The Morgan fingerprint density at radius 1 is 1.39 bits per heavy atom. The Hall–Kier alpha value is -1.98. The molecule has 0 saturated carbocycles. The predicted octanol–water partition coefficient (Wildman–Crippen LogP) is 3.47. The topological polar surface area (TPSA) is 67.6 Å². The Labute approximate surface area is 137 Å². The largest absolute Gasteiger partial charge is 0.444 e. The first kappa shape index (κ1) is 17.4. The molecule has 1 fully saturated rings. The summed E-state index contributed by atoms with van der Waals surface area (Å²) >= 11 is 0. The molecular weight excluding hydrogens is 297 g/mol. The fourth-order valence-electron chi connectivity index (χ4n) is 2.60. The summed E-state index contributed by atoms with van der Waals surface area (Å²) in [6.45, 7) is 7.76. The number of halogens is 1. The van der Waals surface area contributed by atoms with Crippen molar-refractivity contribution in [1.29, 1.82) is 0 Å². The van der Waals surface area contributed by atoms with Gasteiger partial charge in [0, 0.05) is 19.6 Å². The van der Waals surface area contributed by atoms with Crippen molar-refractivity contribution in [1.82, 2.24) is 4.90 Å². The first-order chi connectivity index (χ1) is 10.7. The number of carbonyl (C=O) groups is 1. The molecule has 6 heteroatoms. The molecule has 3 N–H and O–H groups in total. The molecule has 0 unspecified atom stereocenters. The van der Waals surface area contributed by atoms with E-state index in [1.54, 1.807) is 11.0 Å². The van der Waals surface area contributed by atoms with Crippen LogP contribution in [0.15, 0.2) is 18.2 Å². The summed E-state index contributed by atoms with van der Waals surface area (Å²) in [5, 5.41) is 3.27. The second-order valence-electron chi connectivity index (χ2n) is 7.02. The number of anilines is 2. The zero-order valence-corrected chi connectivity index (χ0v) is 14.1. The lowest BCUT2D eigenvalue weighted by Gasteiger charge is -2.33. The van der Waals surface area contributed by atoms with E-state index in [-0.39, 0.29) is 11.9 Å².